The smallest absolute Gasteiger partial charge is 0.307 e. The van der Waals surface area contributed by atoms with Crippen molar-refractivity contribution in [3.63, 3.8) is 0 Å². The molecule has 1 aliphatic carbocycles. The van der Waals surface area contributed by atoms with Crippen LogP contribution in [0.3, 0.4) is 0 Å². The molecule has 3 unspecified atom stereocenters. The molecule has 68 valence electrons. The molecule has 0 aliphatic heterocycles. The highest BCUT2D eigenvalue weighted by Gasteiger charge is 2.40. The van der Waals surface area contributed by atoms with Crippen LogP contribution in [0.2, 0.25) is 0 Å². The minimum absolute atomic E-state index is 0.0201. The van der Waals surface area contributed by atoms with Gasteiger partial charge in [0.05, 0.1) is 5.92 Å². The minimum Gasteiger partial charge on any atom is -0.481 e. The lowest BCUT2D eigenvalue weighted by atomic mass is 9.88. The van der Waals surface area contributed by atoms with Gasteiger partial charge >= 0.3 is 5.97 Å². The van der Waals surface area contributed by atoms with Crippen molar-refractivity contribution >= 4 is 11.8 Å². The van der Waals surface area contributed by atoms with Gasteiger partial charge in [-0.3, -0.25) is 9.59 Å². The molecule has 3 nitrogen and oxygen atoms in total. The second-order valence-corrected chi connectivity index (χ2v) is 3.64. The predicted octanol–water partition coefficient (Wildman–Crippen LogP) is 1.32. The average Bonchev–Trinajstić information content (AvgIpc) is 2.30. The normalized spacial score (nSPS) is 35.0. The summed E-state index contributed by atoms with van der Waals surface area (Å²) in [5, 5.41) is 8.85. The van der Waals surface area contributed by atoms with Crippen molar-refractivity contribution in [1.82, 2.24) is 0 Å². The largest absolute Gasteiger partial charge is 0.481 e. The monoisotopic (exact) mass is 170 g/mol. The topological polar surface area (TPSA) is 54.4 Å². The van der Waals surface area contributed by atoms with Gasteiger partial charge in [0, 0.05) is 5.92 Å². The Kier molecular flexibility index (Phi) is 2.50. The first kappa shape index (κ1) is 9.23. The Bertz CT molecular complexity index is 210. The van der Waals surface area contributed by atoms with E-state index in [4.69, 9.17) is 5.11 Å². The van der Waals surface area contributed by atoms with Crippen molar-refractivity contribution in [1.29, 1.82) is 0 Å². The predicted molar refractivity (Wildman–Crippen MR) is 43.7 cm³/mol. The number of carboxylic acid groups (broad SMARTS) is 1. The van der Waals surface area contributed by atoms with Crippen molar-refractivity contribution in [2.75, 3.05) is 0 Å². The molecule has 0 aromatic carbocycles. The van der Waals surface area contributed by atoms with Gasteiger partial charge in [-0.1, -0.05) is 6.92 Å². The Labute approximate surface area is 71.8 Å². The molecule has 1 rings (SSSR count). The van der Waals surface area contributed by atoms with Crippen LogP contribution < -0.4 is 0 Å². The summed E-state index contributed by atoms with van der Waals surface area (Å²) in [5.74, 6) is -1.33. The summed E-state index contributed by atoms with van der Waals surface area (Å²) in [6, 6.07) is 0. The van der Waals surface area contributed by atoms with E-state index in [9.17, 15) is 9.59 Å². The molecule has 1 saturated carbocycles. The van der Waals surface area contributed by atoms with Gasteiger partial charge in [-0.05, 0) is 25.7 Å². The molecule has 1 N–H and O–H groups in total. The van der Waals surface area contributed by atoms with Gasteiger partial charge in [0.25, 0.3) is 0 Å². The Morgan fingerprint density at radius 2 is 1.92 bits per heavy atom. The molecular formula is C9H14O3. The standard InChI is InChI=1S/C9H14O3/c1-5-3-4-7(6(2)10)8(5)9(11)12/h5,7-8H,3-4H2,1-2H3,(H,11,12). The molecule has 1 fully saturated rings. The van der Waals surface area contributed by atoms with Crippen molar-refractivity contribution in [3.8, 4) is 0 Å². The van der Waals surface area contributed by atoms with Crippen LogP contribution in [-0.2, 0) is 9.59 Å². The number of ketones is 1. The molecule has 3 atom stereocenters. The van der Waals surface area contributed by atoms with Crippen LogP contribution in [-0.4, -0.2) is 16.9 Å². The number of hydrogen-bond donors (Lipinski definition) is 1. The van der Waals surface area contributed by atoms with Crippen molar-refractivity contribution in [2.45, 2.75) is 26.7 Å². The van der Waals surface area contributed by atoms with Crippen molar-refractivity contribution in [3.05, 3.63) is 0 Å². The Morgan fingerprint density at radius 1 is 1.33 bits per heavy atom. The summed E-state index contributed by atoms with van der Waals surface area (Å²) < 4.78 is 0. The molecule has 1 aliphatic rings. The van der Waals surface area contributed by atoms with Gasteiger partial charge in [-0.2, -0.15) is 0 Å². The quantitative estimate of drug-likeness (QED) is 0.680. The molecule has 0 aromatic heterocycles. The van der Waals surface area contributed by atoms with Gasteiger partial charge in [0.15, 0.2) is 0 Å². The van der Waals surface area contributed by atoms with E-state index in [0.29, 0.717) is 0 Å². The molecule has 12 heavy (non-hydrogen) atoms. The van der Waals surface area contributed by atoms with E-state index in [1.807, 2.05) is 6.92 Å². The first-order chi connectivity index (χ1) is 5.54. The average molecular weight is 170 g/mol. The third-order valence-electron chi connectivity index (χ3n) is 2.79. The molecule has 0 radical (unpaired) electrons. The van der Waals surface area contributed by atoms with E-state index in [-0.39, 0.29) is 17.6 Å². The van der Waals surface area contributed by atoms with Crippen molar-refractivity contribution < 1.29 is 14.7 Å². The molecule has 0 aromatic rings. The number of carbonyl (C=O) groups is 2. The maximum absolute atomic E-state index is 11.0. The minimum atomic E-state index is -0.819. The SMILES string of the molecule is CC(=O)C1CCC(C)C1C(=O)O. The highest BCUT2D eigenvalue weighted by Crippen LogP contribution is 2.37. The van der Waals surface area contributed by atoms with Crippen LogP contribution in [0.5, 0.6) is 0 Å². The molecule has 3 heteroatoms. The lowest BCUT2D eigenvalue weighted by Gasteiger charge is -2.15. The van der Waals surface area contributed by atoms with Gasteiger partial charge < -0.3 is 5.11 Å². The number of hydrogen-bond acceptors (Lipinski definition) is 2. The van der Waals surface area contributed by atoms with E-state index in [1.165, 1.54) is 6.92 Å². The van der Waals surface area contributed by atoms with E-state index in [0.717, 1.165) is 12.8 Å². The molecule has 0 bridgehead atoms. The summed E-state index contributed by atoms with van der Waals surface area (Å²) in [7, 11) is 0. The summed E-state index contributed by atoms with van der Waals surface area (Å²) >= 11 is 0. The van der Waals surface area contributed by atoms with Crippen LogP contribution in [0, 0.1) is 17.8 Å². The number of carbonyl (C=O) groups excluding carboxylic acids is 1. The van der Waals surface area contributed by atoms with E-state index < -0.39 is 11.9 Å². The highest BCUT2D eigenvalue weighted by atomic mass is 16.4. The van der Waals surface area contributed by atoms with Gasteiger partial charge in [0.2, 0.25) is 0 Å². The fourth-order valence-corrected chi connectivity index (χ4v) is 2.07. The van der Waals surface area contributed by atoms with E-state index >= 15 is 0 Å². The fourth-order valence-electron chi connectivity index (χ4n) is 2.07. The van der Waals surface area contributed by atoms with Gasteiger partial charge in [-0.25, -0.2) is 0 Å². The first-order valence-electron chi connectivity index (χ1n) is 4.27. The van der Waals surface area contributed by atoms with Crippen LogP contribution in [0.1, 0.15) is 26.7 Å². The molecule has 0 amide bonds. The number of Topliss-reactive ketones (excluding diaryl/α,β-unsaturated/α-hetero) is 1. The summed E-state index contributed by atoms with van der Waals surface area (Å²) in [6.45, 7) is 3.39. The Balaban J connectivity index is 2.77. The van der Waals surface area contributed by atoms with Crippen LogP contribution in [0.4, 0.5) is 0 Å². The molecule has 0 spiro atoms. The zero-order chi connectivity index (χ0) is 9.30. The second-order valence-electron chi connectivity index (χ2n) is 3.64. The third kappa shape index (κ3) is 1.49. The molecule has 0 saturated heterocycles. The van der Waals surface area contributed by atoms with Crippen LogP contribution >= 0.6 is 0 Å². The highest BCUT2D eigenvalue weighted by molar-refractivity contribution is 5.85. The first-order valence-corrected chi connectivity index (χ1v) is 4.27. The lowest BCUT2D eigenvalue weighted by Crippen LogP contribution is -2.27. The maximum atomic E-state index is 11.0. The fraction of sp³-hybridized carbons (Fsp3) is 0.778. The summed E-state index contributed by atoms with van der Waals surface area (Å²) in [4.78, 5) is 21.8. The van der Waals surface area contributed by atoms with Crippen LogP contribution in [0.25, 0.3) is 0 Å². The molecular weight excluding hydrogens is 156 g/mol. The zero-order valence-corrected chi connectivity index (χ0v) is 7.41. The zero-order valence-electron chi connectivity index (χ0n) is 7.41. The maximum Gasteiger partial charge on any atom is 0.307 e. The Hall–Kier alpha value is -0.860. The summed E-state index contributed by atoms with van der Waals surface area (Å²) in [5.41, 5.74) is 0. The van der Waals surface area contributed by atoms with Gasteiger partial charge in [-0.15, -0.1) is 0 Å². The van der Waals surface area contributed by atoms with E-state index in [2.05, 4.69) is 0 Å². The second kappa shape index (κ2) is 3.25. The lowest BCUT2D eigenvalue weighted by molar-refractivity contribution is -0.146. The van der Waals surface area contributed by atoms with Crippen LogP contribution in [0.15, 0.2) is 0 Å². The van der Waals surface area contributed by atoms with Gasteiger partial charge in [0.1, 0.15) is 5.78 Å². The Morgan fingerprint density at radius 3 is 2.25 bits per heavy atom. The third-order valence-corrected chi connectivity index (χ3v) is 2.79. The summed E-state index contributed by atoms with van der Waals surface area (Å²) in [6.07, 6.45) is 1.61. The number of aliphatic carboxylic acids is 1. The van der Waals surface area contributed by atoms with E-state index in [1.54, 1.807) is 0 Å². The number of carboxylic acids is 1. The number of rotatable bonds is 2. The molecule has 0 heterocycles. The van der Waals surface area contributed by atoms with Crippen molar-refractivity contribution in [2.24, 2.45) is 17.8 Å².